The van der Waals surface area contributed by atoms with Gasteiger partial charge in [0.25, 0.3) is 0 Å². The van der Waals surface area contributed by atoms with Gasteiger partial charge in [0.2, 0.25) is 15.9 Å². The van der Waals surface area contributed by atoms with Gasteiger partial charge in [-0.2, -0.15) is 0 Å². The third kappa shape index (κ3) is 5.43. The van der Waals surface area contributed by atoms with Crippen molar-refractivity contribution in [2.75, 3.05) is 31.9 Å². The molecule has 0 saturated carbocycles. The number of hydrogen-bond donors (Lipinski definition) is 2. The summed E-state index contributed by atoms with van der Waals surface area (Å²) in [6.45, 7) is 2.52. The molecular weight excluding hydrogens is 230 g/mol. The van der Waals surface area contributed by atoms with Crippen molar-refractivity contribution in [3.05, 3.63) is 0 Å². The molecule has 6 nitrogen and oxygen atoms in total. The summed E-state index contributed by atoms with van der Waals surface area (Å²) in [4.78, 5) is 13.4. The molecule has 0 aliphatic carbocycles. The largest absolute Gasteiger partial charge is 0.343 e. The molecule has 1 fully saturated rings. The van der Waals surface area contributed by atoms with E-state index in [2.05, 4.69) is 5.32 Å². The van der Waals surface area contributed by atoms with E-state index in [0.29, 0.717) is 19.5 Å². The zero-order valence-electron chi connectivity index (χ0n) is 9.31. The zero-order valence-corrected chi connectivity index (χ0v) is 10.1. The highest BCUT2D eigenvalue weighted by atomic mass is 32.2. The quantitative estimate of drug-likeness (QED) is 0.583. The van der Waals surface area contributed by atoms with Gasteiger partial charge >= 0.3 is 0 Å². The smallest absolute Gasteiger partial charge is 0.223 e. The Kier molecular flexibility index (Phi) is 5.17. The fraction of sp³-hybridized carbons (Fsp3) is 0.889. The number of nitrogens with zero attached hydrogens (tertiary/aromatic N) is 1. The highest BCUT2D eigenvalue weighted by Crippen LogP contribution is 2.08. The average Bonchev–Trinajstić information content (AvgIpc) is 2.67. The lowest BCUT2D eigenvalue weighted by molar-refractivity contribution is -0.130. The molecule has 1 amide bonds. The van der Waals surface area contributed by atoms with Crippen molar-refractivity contribution in [2.45, 2.75) is 19.3 Å². The van der Waals surface area contributed by atoms with E-state index in [0.717, 1.165) is 25.9 Å². The van der Waals surface area contributed by atoms with E-state index in [-0.39, 0.29) is 11.7 Å². The Morgan fingerprint density at radius 2 is 1.88 bits per heavy atom. The van der Waals surface area contributed by atoms with Crippen LogP contribution in [0.2, 0.25) is 0 Å². The molecule has 0 bridgehead atoms. The van der Waals surface area contributed by atoms with Crippen molar-refractivity contribution in [1.29, 1.82) is 0 Å². The van der Waals surface area contributed by atoms with Gasteiger partial charge < -0.3 is 10.2 Å². The molecule has 7 heteroatoms. The minimum Gasteiger partial charge on any atom is -0.343 e. The van der Waals surface area contributed by atoms with E-state index in [9.17, 15) is 13.2 Å². The number of carbonyl (C=O) groups is 1. The van der Waals surface area contributed by atoms with Gasteiger partial charge in [0.05, 0.1) is 5.75 Å². The van der Waals surface area contributed by atoms with Crippen molar-refractivity contribution < 1.29 is 13.2 Å². The first kappa shape index (κ1) is 13.4. The number of likely N-dealkylation sites (tertiary alicyclic amines) is 1. The van der Waals surface area contributed by atoms with Gasteiger partial charge in [0.15, 0.2) is 0 Å². The fourth-order valence-corrected chi connectivity index (χ4v) is 2.09. The van der Waals surface area contributed by atoms with E-state index in [1.165, 1.54) is 0 Å². The molecule has 1 aliphatic rings. The van der Waals surface area contributed by atoms with Crippen molar-refractivity contribution in [3.63, 3.8) is 0 Å². The summed E-state index contributed by atoms with van der Waals surface area (Å²) in [5.74, 6) is 0.0471. The molecule has 94 valence electrons. The first-order chi connectivity index (χ1) is 7.49. The lowest BCUT2D eigenvalue weighted by Crippen LogP contribution is -2.32. The molecule has 1 rings (SSSR count). The summed E-state index contributed by atoms with van der Waals surface area (Å²) >= 11 is 0. The van der Waals surface area contributed by atoms with Crippen LogP contribution >= 0.6 is 0 Å². The maximum atomic E-state index is 11.5. The van der Waals surface area contributed by atoms with Crippen LogP contribution in [0, 0.1) is 0 Å². The van der Waals surface area contributed by atoms with Gasteiger partial charge in [-0.05, 0) is 12.8 Å². The molecule has 16 heavy (non-hydrogen) atoms. The molecule has 0 spiro atoms. The van der Waals surface area contributed by atoms with Crippen LogP contribution in [-0.4, -0.2) is 51.2 Å². The van der Waals surface area contributed by atoms with Gasteiger partial charge in [-0.1, -0.05) is 0 Å². The average molecular weight is 249 g/mol. The van der Waals surface area contributed by atoms with Crippen LogP contribution < -0.4 is 10.5 Å². The van der Waals surface area contributed by atoms with E-state index >= 15 is 0 Å². The van der Waals surface area contributed by atoms with E-state index < -0.39 is 10.0 Å². The number of amides is 1. The topological polar surface area (TPSA) is 92.5 Å². The number of nitrogens with one attached hydrogen (secondary N) is 1. The van der Waals surface area contributed by atoms with Crippen LogP contribution in [0.15, 0.2) is 0 Å². The number of hydrogen-bond acceptors (Lipinski definition) is 4. The molecule has 0 atom stereocenters. The Labute approximate surface area is 96.2 Å². The summed E-state index contributed by atoms with van der Waals surface area (Å²) in [5.41, 5.74) is 0. The predicted octanol–water partition coefficient (Wildman–Crippen LogP) is -1.12. The second kappa shape index (κ2) is 6.17. The lowest BCUT2D eigenvalue weighted by Gasteiger charge is -2.14. The lowest BCUT2D eigenvalue weighted by atomic mass is 10.3. The highest BCUT2D eigenvalue weighted by molar-refractivity contribution is 7.89. The number of rotatable bonds is 6. The second-order valence-corrected chi connectivity index (χ2v) is 5.69. The van der Waals surface area contributed by atoms with Crippen LogP contribution in [0.4, 0.5) is 0 Å². The Bertz CT molecular complexity index is 323. The third-order valence-electron chi connectivity index (χ3n) is 2.54. The fourth-order valence-electron chi connectivity index (χ4n) is 1.66. The Morgan fingerprint density at radius 3 is 2.44 bits per heavy atom. The molecule has 1 aliphatic heterocycles. The summed E-state index contributed by atoms with van der Waals surface area (Å²) in [5, 5.41) is 7.72. The van der Waals surface area contributed by atoms with Crippen LogP contribution in [0.3, 0.4) is 0 Å². The van der Waals surface area contributed by atoms with Crippen LogP contribution in [0.1, 0.15) is 19.3 Å². The van der Waals surface area contributed by atoms with E-state index in [4.69, 9.17) is 5.14 Å². The molecule has 0 aromatic rings. The summed E-state index contributed by atoms with van der Waals surface area (Å²) in [7, 11) is -3.40. The van der Waals surface area contributed by atoms with Gasteiger partial charge in [0.1, 0.15) is 0 Å². The number of primary sulfonamides is 1. The normalized spacial score (nSPS) is 16.7. The summed E-state index contributed by atoms with van der Waals surface area (Å²) < 4.78 is 21.2. The first-order valence-electron chi connectivity index (χ1n) is 5.48. The molecule has 0 unspecified atom stereocenters. The third-order valence-corrected chi connectivity index (χ3v) is 3.31. The molecule has 0 aromatic carbocycles. The van der Waals surface area contributed by atoms with Gasteiger partial charge in [-0.25, -0.2) is 13.6 Å². The standard InChI is InChI=1S/C9H19N3O3S/c10-16(14,15)8-5-11-4-3-9(13)12-6-1-2-7-12/h11H,1-8H2,(H2,10,14,15). The molecule has 1 saturated heterocycles. The minimum atomic E-state index is -3.40. The molecule has 0 radical (unpaired) electrons. The molecule has 3 N–H and O–H groups in total. The number of sulfonamides is 1. The Balaban J connectivity index is 2.04. The Hall–Kier alpha value is -0.660. The van der Waals surface area contributed by atoms with Crippen molar-refractivity contribution in [1.82, 2.24) is 10.2 Å². The maximum Gasteiger partial charge on any atom is 0.223 e. The second-order valence-electron chi connectivity index (χ2n) is 3.95. The van der Waals surface area contributed by atoms with Crippen molar-refractivity contribution in [2.24, 2.45) is 5.14 Å². The van der Waals surface area contributed by atoms with Gasteiger partial charge in [0, 0.05) is 32.6 Å². The zero-order chi connectivity index (χ0) is 12.0. The monoisotopic (exact) mass is 249 g/mol. The molecule has 1 heterocycles. The SMILES string of the molecule is NS(=O)(=O)CCNCCC(=O)N1CCCC1. The summed E-state index contributed by atoms with van der Waals surface area (Å²) in [6.07, 6.45) is 2.60. The van der Waals surface area contributed by atoms with Crippen LogP contribution in [-0.2, 0) is 14.8 Å². The first-order valence-corrected chi connectivity index (χ1v) is 7.19. The predicted molar refractivity (Wildman–Crippen MR) is 61.3 cm³/mol. The minimum absolute atomic E-state index is 0.0924. The van der Waals surface area contributed by atoms with Crippen molar-refractivity contribution >= 4 is 15.9 Å². The maximum absolute atomic E-state index is 11.5. The summed E-state index contributed by atoms with van der Waals surface area (Å²) in [6, 6.07) is 0. The highest BCUT2D eigenvalue weighted by Gasteiger charge is 2.16. The number of nitrogens with two attached hydrogens (primary N) is 1. The number of carbonyl (C=O) groups excluding carboxylic acids is 1. The molecule has 0 aromatic heterocycles. The van der Waals surface area contributed by atoms with E-state index in [1.54, 1.807) is 0 Å². The van der Waals surface area contributed by atoms with Crippen molar-refractivity contribution in [3.8, 4) is 0 Å². The molecular formula is C9H19N3O3S. The van der Waals surface area contributed by atoms with Gasteiger partial charge in [-0.3, -0.25) is 4.79 Å². The van der Waals surface area contributed by atoms with Crippen LogP contribution in [0.5, 0.6) is 0 Å². The van der Waals surface area contributed by atoms with Crippen LogP contribution in [0.25, 0.3) is 0 Å². The van der Waals surface area contributed by atoms with E-state index in [1.807, 2.05) is 4.90 Å². The Morgan fingerprint density at radius 1 is 1.25 bits per heavy atom. The van der Waals surface area contributed by atoms with Gasteiger partial charge in [-0.15, -0.1) is 0 Å².